The third-order valence-electron chi connectivity index (χ3n) is 4.95. The molecule has 1 aromatic heterocycles. The normalized spacial score (nSPS) is 26.3. The fourth-order valence-corrected chi connectivity index (χ4v) is 3.69. The highest BCUT2D eigenvalue weighted by molar-refractivity contribution is 5.79. The minimum atomic E-state index is -0.0299. The average Bonchev–Trinajstić information content (AvgIpc) is 3.24. The second-order valence-corrected chi connectivity index (χ2v) is 6.58. The van der Waals surface area contributed by atoms with E-state index in [2.05, 4.69) is 41.8 Å². The molecule has 0 radical (unpaired) electrons. The minimum Gasteiger partial charge on any atom is -0.333 e. The van der Waals surface area contributed by atoms with Crippen LogP contribution < -0.4 is 10.6 Å². The molecule has 0 spiro atoms. The van der Waals surface area contributed by atoms with Gasteiger partial charge in [0.05, 0.1) is 0 Å². The van der Waals surface area contributed by atoms with Crippen LogP contribution in [0, 0.1) is 12.8 Å². The smallest absolute Gasteiger partial charge is 0.325 e. The predicted octanol–water partition coefficient (Wildman–Crippen LogP) is 2.77. The summed E-state index contributed by atoms with van der Waals surface area (Å²) in [5, 5.41) is 6.64. The van der Waals surface area contributed by atoms with Gasteiger partial charge in [0.1, 0.15) is 0 Å². The van der Waals surface area contributed by atoms with E-state index >= 15 is 0 Å². The Morgan fingerprint density at radius 2 is 2.00 bits per heavy atom. The Morgan fingerprint density at radius 1 is 1.18 bits per heavy atom. The van der Waals surface area contributed by atoms with Gasteiger partial charge < -0.3 is 10.6 Å². The van der Waals surface area contributed by atoms with Crippen molar-refractivity contribution < 1.29 is 4.79 Å². The van der Waals surface area contributed by atoms with Gasteiger partial charge in [-0.15, -0.1) is 0 Å². The Balaban J connectivity index is 1.46. The van der Waals surface area contributed by atoms with Crippen LogP contribution in [-0.2, 0) is 0 Å². The maximum Gasteiger partial charge on any atom is 0.325 e. The third kappa shape index (κ3) is 2.44. The molecule has 2 N–H and O–H groups in total. The summed E-state index contributed by atoms with van der Waals surface area (Å²) in [6.07, 6.45) is 6.05. The average molecular weight is 295 g/mol. The lowest BCUT2D eigenvalue weighted by molar-refractivity contribution is 0.234. The van der Waals surface area contributed by atoms with Gasteiger partial charge in [0.15, 0.2) is 0 Å². The lowest BCUT2D eigenvalue weighted by Gasteiger charge is -2.23. The fraction of sp³-hybridized carbons (Fsp3) is 0.389. The van der Waals surface area contributed by atoms with Crippen molar-refractivity contribution in [1.82, 2.24) is 15.2 Å². The van der Waals surface area contributed by atoms with Crippen LogP contribution in [0.15, 0.2) is 42.7 Å². The highest BCUT2D eigenvalue weighted by Gasteiger charge is 2.40. The molecule has 4 rings (SSSR count). The van der Waals surface area contributed by atoms with E-state index in [9.17, 15) is 4.79 Å². The molecule has 2 heterocycles. The Labute approximate surface area is 130 Å². The van der Waals surface area contributed by atoms with Gasteiger partial charge in [-0.25, -0.2) is 4.79 Å². The molecule has 4 heteroatoms. The van der Waals surface area contributed by atoms with Crippen molar-refractivity contribution in [2.45, 2.75) is 31.8 Å². The number of aryl methyl sites for hydroxylation is 1. The Bertz CT molecular complexity index is 689. The Hall–Kier alpha value is -2.07. The molecule has 1 saturated carbocycles. The molecule has 2 bridgehead atoms. The summed E-state index contributed by atoms with van der Waals surface area (Å²) in [5.41, 5.74) is 3.45. The summed E-state index contributed by atoms with van der Waals surface area (Å²) in [6, 6.07) is 11.1. The Morgan fingerprint density at radius 3 is 2.68 bits per heavy atom. The number of amides is 1. The molecule has 2 aromatic rings. The number of hydrogen-bond donors (Lipinski definition) is 2. The number of hydrogen-bond acceptors (Lipinski definition) is 2. The zero-order valence-electron chi connectivity index (χ0n) is 12.8. The van der Waals surface area contributed by atoms with Gasteiger partial charge in [0.2, 0.25) is 0 Å². The minimum absolute atomic E-state index is 0.0299. The van der Waals surface area contributed by atoms with Crippen molar-refractivity contribution in [2.75, 3.05) is 6.54 Å². The van der Waals surface area contributed by atoms with E-state index in [0.29, 0.717) is 6.04 Å². The SMILES string of the molecule is Cc1ccc(-c2ccn(C(=O)NC3CC4CNC3C4)c2)cc1. The summed E-state index contributed by atoms with van der Waals surface area (Å²) < 4.78 is 1.65. The van der Waals surface area contributed by atoms with Crippen LogP contribution in [0.2, 0.25) is 0 Å². The zero-order valence-corrected chi connectivity index (χ0v) is 12.8. The first-order valence-electron chi connectivity index (χ1n) is 7.98. The number of piperidine rings is 1. The van der Waals surface area contributed by atoms with Gasteiger partial charge in [-0.1, -0.05) is 29.8 Å². The summed E-state index contributed by atoms with van der Waals surface area (Å²) in [7, 11) is 0. The van der Waals surface area contributed by atoms with Crippen molar-refractivity contribution in [3.05, 3.63) is 48.3 Å². The zero-order chi connectivity index (χ0) is 15.1. The first kappa shape index (κ1) is 13.6. The first-order valence-corrected chi connectivity index (χ1v) is 7.98. The van der Waals surface area contributed by atoms with E-state index in [4.69, 9.17) is 0 Å². The molecular formula is C18H21N3O. The molecule has 2 aliphatic rings. The largest absolute Gasteiger partial charge is 0.333 e. The highest BCUT2D eigenvalue weighted by atomic mass is 16.2. The molecule has 2 fully saturated rings. The number of aromatic nitrogens is 1. The molecule has 3 atom stereocenters. The molecule has 1 saturated heterocycles. The van der Waals surface area contributed by atoms with Gasteiger partial charge in [-0.2, -0.15) is 0 Å². The number of rotatable bonds is 2. The van der Waals surface area contributed by atoms with Crippen LogP contribution in [0.4, 0.5) is 4.79 Å². The molecule has 4 nitrogen and oxygen atoms in total. The lowest BCUT2D eigenvalue weighted by Crippen LogP contribution is -2.48. The maximum atomic E-state index is 12.4. The number of carbonyl (C=O) groups is 1. The second-order valence-electron chi connectivity index (χ2n) is 6.58. The lowest BCUT2D eigenvalue weighted by atomic mass is 10.1. The van der Waals surface area contributed by atoms with Crippen molar-refractivity contribution in [3.8, 4) is 11.1 Å². The van der Waals surface area contributed by atoms with Gasteiger partial charge >= 0.3 is 6.03 Å². The van der Waals surface area contributed by atoms with E-state index < -0.39 is 0 Å². The van der Waals surface area contributed by atoms with E-state index in [-0.39, 0.29) is 12.1 Å². The standard InChI is InChI=1S/C18H21N3O/c1-12-2-4-14(5-3-12)15-6-7-21(11-15)18(22)20-17-9-13-8-16(17)19-10-13/h2-7,11,13,16-17,19H,8-10H2,1H3,(H,20,22). The van der Waals surface area contributed by atoms with Crippen LogP contribution in [-0.4, -0.2) is 29.2 Å². The van der Waals surface area contributed by atoms with Crippen LogP contribution in [0.25, 0.3) is 11.1 Å². The van der Waals surface area contributed by atoms with Gasteiger partial charge in [-0.05, 0) is 49.4 Å². The number of benzene rings is 1. The fourth-order valence-electron chi connectivity index (χ4n) is 3.69. The first-order chi connectivity index (χ1) is 10.7. The molecule has 1 aliphatic heterocycles. The molecule has 1 aromatic carbocycles. The number of nitrogens with one attached hydrogen (secondary N) is 2. The maximum absolute atomic E-state index is 12.4. The number of nitrogens with zero attached hydrogens (tertiary/aromatic N) is 1. The Kier molecular flexibility index (Phi) is 3.26. The van der Waals surface area contributed by atoms with Crippen LogP contribution in [0.1, 0.15) is 18.4 Å². The van der Waals surface area contributed by atoms with E-state index in [1.807, 2.05) is 18.5 Å². The second kappa shape index (κ2) is 5.29. The summed E-state index contributed by atoms with van der Waals surface area (Å²) in [5.74, 6) is 0.739. The van der Waals surface area contributed by atoms with E-state index in [0.717, 1.165) is 30.0 Å². The van der Waals surface area contributed by atoms with Crippen LogP contribution in [0.3, 0.4) is 0 Å². The monoisotopic (exact) mass is 295 g/mol. The van der Waals surface area contributed by atoms with Gasteiger partial charge in [0.25, 0.3) is 0 Å². The summed E-state index contributed by atoms with van der Waals surface area (Å²) in [6.45, 7) is 3.18. The van der Waals surface area contributed by atoms with Gasteiger partial charge in [-0.3, -0.25) is 4.57 Å². The van der Waals surface area contributed by atoms with Crippen molar-refractivity contribution in [1.29, 1.82) is 0 Å². The van der Waals surface area contributed by atoms with E-state index in [1.54, 1.807) is 4.57 Å². The van der Waals surface area contributed by atoms with Crippen molar-refractivity contribution in [3.63, 3.8) is 0 Å². The van der Waals surface area contributed by atoms with Crippen LogP contribution in [0.5, 0.6) is 0 Å². The topological polar surface area (TPSA) is 46.1 Å². The van der Waals surface area contributed by atoms with Crippen molar-refractivity contribution >= 4 is 6.03 Å². The third-order valence-corrected chi connectivity index (χ3v) is 4.95. The number of fused-ring (bicyclic) bond motifs is 2. The predicted molar refractivity (Wildman–Crippen MR) is 86.8 cm³/mol. The van der Waals surface area contributed by atoms with E-state index in [1.165, 1.54) is 12.0 Å². The van der Waals surface area contributed by atoms with Crippen LogP contribution >= 0.6 is 0 Å². The van der Waals surface area contributed by atoms with Crippen molar-refractivity contribution in [2.24, 2.45) is 5.92 Å². The highest BCUT2D eigenvalue weighted by Crippen LogP contribution is 2.31. The summed E-state index contributed by atoms with van der Waals surface area (Å²) >= 11 is 0. The molecule has 114 valence electrons. The quantitative estimate of drug-likeness (QED) is 0.895. The molecule has 1 aliphatic carbocycles. The molecular weight excluding hydrogens is 274 g/mol. The molecule has 3 unspecified atom stereocenters. The molecule has 1 amide bonds. The molecule has 22 heavy (non-hydrogen) atoms. The van der Waals surface area contributed by atoms with Gasteiger partial charge in [0, 0.05) is 24.5 Å². The summed E-state index contributed by atoms with van der Waals surface area (Å²) in [4.78, 5) is 12.4. The number of carbonyl (C=O) groups excluding carboxylic acids is 1.